The molecule has 16 heavy (non-hydrogen) atoms. The van der Waals surface area contributed by atoms with Gasteiger partial charge >= 0.3 is 0 Å². The van der Waals surface area contributed by atoms with Crippen LogP contribution in [0, 0.1) is 0 Å². The normalized spacial score (nSPS) is 13.0. The average Bonchev–Trinajstić information content (AvgIpc) is 2.30. The molecule has 1 N–H and O–H groups in total. The molecule has 0 saturated carbocycles. The molecule has 0 spiro atoms. The molecule has 0 aliphatic heterocycles. The van der Waals surface area contributed by atoms with Gasteiger partial charge in [0.2, 0.25) is 0 Å². The second-order valence-corrected chi connectivity index (χ2v) is 3.54. The zero-order valence-corrected chi connectivity index (χ0v) is 9.93. The lowest BCUT2D eigenvalue weighted by Gasteiger charge is -2.22. The molecule has 0 fully saturated rings. The molecular formula is C13H20O3. The summed E-state index contributed by atoms with van der Waals surface area (Å²) in [6.45, 7) is 4.86. The monoisotopic (exact) mass is 224 g/mol. The highest BCUT2D eigenvalue weighted by molar-refractivity contribution is 5.15. The number of benzene rings is 1. The van der Waals surface area contributed by atoms with Gasteiger partial charge < -0.3 is 14.6 Å². The second kappa shape index (κ2) is 7.39. The molecule has 0 heterocycles. The van der Waals surface area contributed by atoms with Crippen LogP contribution in [0.25, 0.3) is 0 Å². The van der Waals surface area contributed by atoms with E-state index in [0.29, 0.717) is 19.6 Å². The minimum Gasteiger partial charge on any atom is -0.387 e. The molecule has 1 aromatic carbocycles. The molecule has 1 unspecified atom stereocenters. The summed E-state index contributed by atoms with van der Waals surface area (Å²) in [5.74, 6) is 0. The van der Waals surface area contributed by atoms with E-state index >= 15 is 0 Å². The van der Waals surface area contributed by atoms with Crippen molar-refractivity contribution in [3.63, 3.8) is 0 Å². The van der Waals surface area contributed by atoms with Gasteiger partial charge in [-0.05, 0) is 19.4 Å². The number of aliphatic hydroxyl groups is 1. The summed E-state index contributed by atoms with van der Waals surface area (Å²) < 4.78 is 10.7. The summed E-state index contributed by atoms with van der Waals surface area (Å²) in [7, 11) is 0. The van der Waals surface area contributed by atoms with E-state index in [0.717, 1.165) is 5.56 Å². The van der Waals surface area contributed by atoms with Crippen molar-refractivity contribution < 1.29 is 14.6 Å². The highest BCUT2D eigenvalue weighted by atomic mass is 16.7. The van der Waals surface area contributed by atoms with E-state index in [1.54, 1.807) is 0 Å². The fourth-order valence-electron chi connectivity index (χ4n) is 1.55. The van der Waals surface area contributed by atoms with E-state index in [1.165, 1.54) is 0 Å². The van der Waals surface area contributed by atoms with Gasteiger partial charge in [0.1, 0.15) is 6.10 Å². The van der Waals surface area contributed by atoms with Crippen LogP contribution in [0.15, 0.2) is 30.3 Å². The first kappa shape index (κ1) is 13.2. The van der Waals surface area contributed by atoms with Gasteiger partial charge in [0, 0.05) is 19.6 Å². The van der Waals surface area contributed by atoms with Crippen molar-refractivity contribution >= 4 is 0 Å². The fraction of sp³-hybridized carbons (Fsp3) is 0.538. The van der Waals surface area contributed by atoms with Crippen molar-refractivity contribution in [3.8, 4) is 0 Å². The first-order valence-corrected chi connectivity index (χ1v) is 5.73. The standard InChI is InChI=1S/C13H20O3/c1-3-15-13(16-4-2)12(14)10-11-8-6-5-7-9-11/h5-9,12-14H,3-4,10H2,1-2H3. The van der Waals surface area contributed by atoms with Gasteiger partial charge in [-0.3, -0.25) is 0 Å². The van der Waals surface area contributed by atoms with E-state index < -0.39 is 12.4 Å². The number of hydrogen-bond donors (Lipinski definition) is 1. The van der Waals surface area contributed by atoms with E-state index in [2.05, 4.69) is 0 Å². The maximum absolute atomic E-state index is 9.97. The van der Waals surface area contributed by atoms with Crippen LogP contribution in [-0.2, 0) is 15.9 Å². The van der Waals surface area contributed by atoms with Gasteiger partial charge in [0.25, 0.3) is 0 Å². The Balaban J connectivity index is 2.51. The number of ether oxygens (including phenoxy) is 2. The molecule has 0 aliphatic rings. The van der Waals surface area contributed by atoms with E-state index in [1.807, 2.05) is 44.2 Å². The maximum atomic E-state index is 9.97. The lowest BCUT2D eigenvalue weighted by molar-refractivity contribution is -0.188. The predicted molar refractivity (Wildman–Crippen MR) is 63.2 cm³/mol. The molecule has 0 aliphatic carbocycles. The van der Waals surface area contributed by atoms with Crippen molar-refractivity contribution in [1.29, 1.82) is 0 Å². The largest absolute Gasteiger partial charge is 0.387 e. The Morgan fingerprint density at radius 3 is 2.12 bits per heavy atom. The molecule has 1 aromatic rings. The van der Waals surface area contributed by atoms with Crippen molar-refractivity contribution in [2.45, 2.75) is 32.7 Å². The van der Waals surface area contributed by atoms with Crippen LogP contribution in [0.3, 0.4) is 0 Å². The van der Waals surface area contributed by atoms with Crippen molar-refractivity contribution in [1.82, 2.24) is 0 Å². The quantitative estimate of drug-likeness (QED) is 0.720. The lowest BCUT2D eigenvalue weighted by Crippen LogP contribution is -2.33. The Bertz CT molecular complexity index is 268. The van der Waals surface area contributed by atoms with E-state index in [-0.39, 0.29) is 0 Å². The van der Waals surface area contributed by atoms with Gasteiger partial charge in [-0.1, -0.05) is 30.3 Å². The van der Waals surface area contributed by atoms with Crippen LogP contribution in [0.2, 0.25) is 0 Å². The van der Waals surface area contributed by atoms with Gasteiger partial charge in [-0.25, -0.2) is 0 Å². The molecule has 3 heteroatoms. The summed E-state index contributed by atoms with van der Waals surface area (Å²) in [5.41, 5.74) is 1.08. The van der Waals surface area contributed by atoms with Crippen LogP contribution < -0.4 is 0 Å². The van der Waals surface area contributed by atoms with Crippen LogP contribution >= 0.6 is 0 Å². The topological polar surface area (TPSA) is 38.7 Å². The second-order valence-electron chi connectivity index (χ2n) is 3.54. The zero-order valence-electron chi connectivity index (χ0n) is 9.93. The first-order chi connectivity index (χ1) is 7.77. The Morgan fingerprint density at radius 2 is 1.62 bits per heavy atom. The van der Waals surface area contributed by atoms with Crippen molar-refractivity contribution in [2.24, 2.45) is 0 Å². The third kappa shape index (κ3) is 4.31. The number of hydrogen-bond acceptors (Lipinski definition) is 3. The molecule has 0 amide bonds. The van der Waals surface area contributed by atoms with Crippen LogP contribution in [0.4, 0.5) is 0 Å². The average molecular weight is 224 g/mol. The highest BCUT2D eigenvalue weighted by Crippen LogP contribution is 2.09. The summed E-state index contributed by atoms with van der Waals surface area (Å²) >= 11 is 0. The number of aliphatic hydroxyl groups excluding tert-OH is 1. The third-order valence-electron chi connectivity index (χ3n) is 2.26. The molecule has 1 rings (SSSR count). The fourth-order valence-corrected chi connectivity index (χ4v) is 1.55. The molecule has 90 valence electrons. The molecule has 0 aromatic heterocycles. The zero-order chi connectivity index (χ0) is 11.8. The van der Waals surface area contributed by atoms with Crippen LogP contribution in [0.1, 0.15) is 19.4 Å². The minimum atomic E-state index is -0.623. The van der Waals surface area contributed by atoms with Crippen LogP contribution in [-0.4, -0.2) is 30.7 Å². The molecule has 0 saturated heterocycles. The smallest absolute Gasteiger partial charge is 0.183 e. The molecular weight excluding hydrogens is 204 g/mol. The summed E-state index contributed by atoms with van der Waals surface area (Å²) in [6.07, 6.45) is -0.608. The molecule has 0 radical (unpaired) electrons. The molecule has 3 nitrogen and oxygen atoms in total. The summed E-state index contributed by atoms with van der Waals surface area (Å²) in [4.78, 5) is 0. The summed E-state index contributed by atoms with van der Waals surface area (Å²) in [6, 6.07) is 9.84. The minimum absolute atomic E-state index is 0.532. The Kier molecular flexibility index (Phi) is 6.08. The Labute approximate surface area is 97.0 Å². The van der Waals surface area contributed by atoms with Crippen molar-refractivity contribution in [3.05, 3.63) is 35.9 Å². The molecule has 0 bridgehead atoms. The van der Waals surface area contributed by atoms with Gasteiger partial charge in [-0.15, -0.1) is 0 Å². The first-order valence-electron chi connectivity index (χ1n) is 5.73. The number of rotatable bonds is 7. The Morgan fingerprint density at radius 1 is 1.06 bits per heavy atom. The predicted octanol–water partition coefficient (Wildman–Crippen LogP) is 1.99. The highest BCUT2D eigenvalue weighted by Gasteiger charge is 2.19. The molecule has 1 atom stereocenters. The van der Waals surface area contributed by atoms with Gasteiger partial charge in [-0.2, -0.15) is 0 Å². The SMILES string of the molecule is CCOC(OCC)C(O)Cc1ccccc1. The third-order valence-corrected chi connectivity index (χ3v) is 2.26. The van der Waals surface area contributed by atoms with Gasteiger partial charge in [0.05, 0.1) is 0 Å². The van der Waals surface area contributed by atoms with E-state index in [9.17, 15) is 5.11 Å². The van der Waals surface area contributed by atoms with Gasteiger partial charge in [0.15, 0.2) is 6.29 Å². The van der Waals surface area contributed by atoms with Crippen LogP contribution in [0.5, 0.6) is 0 Å². The summed E-state index contributed by atoms with van der Waals surface area (Å²) in [5, 5.41) is 9.97. The Hall–Kier alpha value is -0.900. The maximum Gasteiger partial charge on any atom is 0.183 e. The van der Waals surface area contributed by atoms with E-state index in [4.69, 9.17) is 9.47 Å². The lowest BCUT2D eigenvalue weighted by atomic mass is 10.1. The van der Waals surface area contributed by atoms with Crippen molar-refractivity contribution in [2.75, 3.05) is 13.2 Å².